The molecule has 2 aromatic rings. The average Bonchev–Trinajstić information content (AvgIpc) is 2.33. The van der Waals surface area contributed by atoms with Gasteiger partial charge in [-0.25, -0.2) is 0 Å². The monoisotopic (exact) mass is 277 g/mol. The van der Waals surface area contributed by atoms with Crippen LogP contribution in [0.5, 0.6) is 0 Å². The van der Waals surface area contributed by atoms with Crippen LogP contribution in [0.3, 0.4) is 0 Å². The van der Waals surface area contributed by atoms with Crippen LogP contribution in [0.15, 0.2) is 60.7 Å². The topological polar surface area (TPSA) is 0 Å². The molecule has 16 heavy (non-hydrogen) atoms. The van der Waals surface area contributed by atoms with Gasteiger partial charge in [-0.3, -0.25) is 0 Å². The van der Waals surface area contributed by atoms with Crippen LogP contribution in [0.2, 0.25) is 0 Å². The van der Waals surface area contributed by atoms with Crippen molar-refractivity contribution in [1.29, 1.82) is 0 Å². The summed E-state index contributed by atoms with van der Waals surface area (Å²) >= 11 is 0. The van der Waals surface area contributed by atoms with Crippen LogP contribution in [0.4, 0.5) is 0 Å². The third-order valence-corrected chi connectivity index (χ3v) is 4.93. The van der Waals surface area contributed by atoms with Crippen LogP contribution >= 0.6 is 7.92 Å². The number of hydrogen-bond donors (Lipinski definition) is 0. The molecule has 0 aromatic heterocycles. The van der Waals surface area contributed by atoms with Crippen LogP contribution in [-0.2, 0) is 17.1 Å². The minimum absolute atomic E-state index is 0. The first-order chi connectivity index (χ1) is 7.42. The Morgan fingerprint density at radius 2 is 1.12 bits per heavy atom. The van der Waals surface area contributed by atoms with Gasteiger partial charge >= 0.3 is 0 Å². The molecule has 2 heteroatoms. The molecule has 0 saturated heterocycles. The second-order valence-corrected chi connectivity index (χ2v) is 5.94. The SMILES string of the molecule is CCP(c1ccccc1)c1ccccc1.[Cu]. The van der Waals surface area contributed by atoms with Gasteiger partial charge in [0.15, 0.2) is 0 Å². The molecular weight excluding hydrogens is 263 g/mol. The van der Waals surface area contributed by atoms with Crippen molar-refractivity contribution < 1.29 is 17.1 Å². The molecule has 0 nitrogen and oxygen atoms in total. The molecule has 0 unspecified atom stereocenters. The minimum atomic E-state index is -0.149. The Hall–Kier alpha value is -0.611. The third-order valence-electron chi connectivity index (χ3n) is 2.45. The zero-order chi connectivity index (χ0) is 10.5. The molecule has 0 aliphatic carbocycles. The molecule has 0 amide bonds. The summed E-state index contributed by atoms with van der Waals surface area (Å²) in [7, 11) is -0.149. The molecule has 87 valence electrons. The predicted molar refractivity (Wildman–Crippen MR) is 69.6 cm³/mol. The van der Waals surface area contributed by atoms with E-state index in [1.54, 1.807) is 0 Å². The van der Waals surface area contributed by atoms with Gasteiger partial charge < -0.3 is 0 Å². The van der Waals surface area contributed by atoms with Gasteiger partial charge in [0.05, 0.1) is 0 Å². The zero-order valence-electron chi connectivity index (χ0n) is 9.23. The second kappa shape index (κ2) is 6.86. The molecule has 0 heterocycles. The Morgan fingerprint density at radius 1 is 0.750 bits per heavy atom. The fourth-order valence-corrected chi connectivity index (χ4v) is 3.82. The van der Waals surface area contributed by atoms with Crippen molar-refractivity contribution >= 4 is 18.5 Å². The van der Waals surface area contributed by atoms with Crippen LogP contribution < -0.4 is 10.6 Å². The van der Waals surface area contributed by atoms with Gasteiger partial charge in [-0.05, 0) is 24.7 Å². The molecule has 0 N–H and O–H groups in total. The Bertz CT molecular complexity index is 360. The number of benzene rings is 2. The van der Waals surface area contributed by atoms with Gasteiger partial charge in [0.2, 0.25) is 0 Å². The first-order valence-corrected chi connectivity index (χ1v) is 6.82. The van der Waals surface area contributed by atoms with E-state index in [9.17, 15) is 0 Å². The second-order valence-electron chi connectivity index (χ2n) is 3.42. The van der Waals surface area contributed by atoms with Gasteiger partial charge in [-0.1, -0.05) is 67.6 Å². The minimum Gasteiger partial charge on any atom is -0.0622 e. The summed E-state index contributed by atoms with van der Waals surface area (Å²) in [6.07, 6.45) is 1.21. The van der Waals surface area contributed by atoms with Crippen molar-refractivity contribution in [3.63, 3.8) is 0 Å². The molecule has 0 saturated carbocycles. The molecule has 0 spiro atoms. The van der Waals surface area contributed by atoms with Gasteiger partial charge in [0, 0.05) is 17.1 Å². The first kappa shape index (κ1) is 13.5. The van der Waals surface area contributed by atoms with Crippen molar-refractivity contribution in [3.05, 3.63) is 60.7 Å². The van der Waals surface area contributed by atoms with Crippen molar-refractivity contribution in [2.45, 2.75) is 6.92 Å². The summed E-state index contributed by atoms with van der Waals surface area (Å²) in [4.78, 5) is 0. The molecular formula is C14H15CuP. The van der Waals surface area contributed by atoms with E-state index >= 15 is 0 Å². The van der Waals surface area contributed by atoms with Crippen molar-refractivity contribution in [3.8, 4) is 0 Å². The fourth-order valence-electron chi connectivity index (χ4n) is 1.73. The van der Waals surface area contributed by atoms with E-state index < -0.39 is 0 Å². The summed E-state index contributed by atoms with van der Waals surface area (Å²) < 4.78 is 0. The maximum atomic E-state index is 2.27. The Kier molecular flexibility index (Phi) is 5.77. The summed E-state index contributed by atoms with van der Waals surface area (Å²) in [5.74, 6) is 0. The molecule has 0 fully saturated rings. The van der Waals surface area contributed by atoms with E-state index in [1.165, 1.54) is 16.8 Å². The van der Waals surface area contributed by atoms with Crippen LogP contribution in [-0.4, -0.2) is 6.16 Å². The van der Waals surface area contributed by atoms with E-state index in [2.05, 4.69) is 67.6 Å². The maximum Gasteiger partial charge on any atom is 0 e. The Balaban J connectivity index is 0.00000128. The van der Waals surface area contributed by atoms with E-state index in [0.717, 1.165) is 0 Å². The van der Waals surface area contributed by atoms with Gasteiger partial charge in [0.25, 0.3) is 0 Å². The molecule has 0 bridgehead atoms. The summed E-state index contributed by atoms with van der Waals surface area (Å²) in [6, 6.07) is 21.6. The van der Waals surface area contributed by atoms with Crippen molar-refractivity contribution in [1.82, 2.24) is 0 Å². The van der Waals surface area contributed by atoms with Crippen LogP contribution in [0, 0.1) is 0 Å². The van der Waals surface area contributed by atoms with Crippen molar-refractivity contribution in [2.24, 2.45) is 0 Å². The van der Waals surface area contributed by atoms with E-state index in [1.807, 2.05) is 0 Å². The standard InChI is InChI=1S/C14H15P.Cu/c1-2-15(13-9-5-3-6-10-13)14-11-7-4-8-12-14;/h3-12H,2H2,1H3;. The van der Waals surface area contributed by atoms with Gasteiger partial charge in [-0.15, -0.1) is 0 Å². The van der Waals surface area contributed by atoms with Crippen molar-refractivity contribution in [2.75, 3.05) is 6.16 Å². The van der Waals surface area contributed by atoms with E-state index in [-0.39, 0.29) is 25.0 Å². The number of hydrogen-bond acceptors (Lipinski definition) is 0. The number of rotatable bonds is 3. The first-order valence-electron chi connectivity index (χ1n) is 5.29. The zero-order valence-corrected chi connectivity index (χ0v) is 11.1. The Labute approximate surface area is 109 Å². The quantitative estimate of drug-likeness (QED) is 0.597. The molecule has 2 aromatic carbocycles. The molecule has 0 aliphatic rings. The van der Waals surface area contributed by atoms with E-state index in [0.29, 0.717) is 0 Å². The van der Waals surface area contributed by atoms with E-state index in [4.69, 9.17) is 0 Å². The molecule has 1 radical (unpaired) electrons. The molecule has 2 rings (SSSR count). The summed E-state index contributed by atoms with van der Waals surface area (Å²) in [5.41, 5.74) is 0. The largest absolute Gasteiger partial charge is 0.0622 e. The Morgan fingerprint density at radius 3 is 1.44 bits per heavy atom. The smallest absolute Gasteiger partial charge is 0 e. The predicted octanol–water partition coefficient (Wildman–Crippen LogP) is 3.14. The van der Waals surface area contributed by atoms with Gasteiger partial charge in [-0.2, -0.15) is 0 Å². The fraction of sp³-hybridized carbons (Fsp3) is 0.143. The molecule has 0 atom stereocenters. The third kappa shape index (κ3) is 3.19. The van der Waals surface area contributed by atoms with Crippen LogP contribution in [0.25, 0.3) is 0 Å². The maximum absolute atomic E-state index is 2.27. The van der Waals surface area contributed by atoms with Gasteiger partial charge in [0.1, 0.15) is 0 Å². The normalized spacial score (nSPS) is 9.88. The molecule has 0 aliphatic heterocycles. The average molecular weight is 278 g/mol. The summed E-state index contributed by atoms with van der Waals surface area (Å²) in [5, 5.41) is 2.95. The van der Waals surface area contributed by atoms with Crippen LogP contribution in [0.1, 0.15) is 6.92 Å². The summed E-state index contributed by atoms with van der Waals surface area (Å²) in [6.45, 7) is 2.27.